The zero-order valence-electron chi connectivity index (χ0n) is 15.4. The van der Waals surface area contributed by atoms with Crippen molar-refractivity contribution < 1.29 is 18.0 Å². The van der Waals surface area contributed by atoms with Gasteiger partial charge < -0.3 is 16.0 Å². The first-order valence-corrected chi connectivity index (χ1v) is 9.73. The molecule has 3 N–H and O–H groups in total. The number of anilines is 2. The number of nitrogens with one attached hydrogen (secondary N) is 1. The lowest BCUT2D eigenvalue weighted by atomic mass is 10.1. The van der Waals surface area contributed by atoms with Gasteiger partial charge in [0.25, 0.3) is 0 Å². The second-order valence-electron chi connectivity index (χ2n) is 6.84. The summed E-state index contributed by atoms with van der Waals surface area (Å²) in [6.07, 6.45) is -0.118. The molecule has 1 fully saturated rings. The van der Waals surface area contributed by atoms with E-state index in [0.717, 1.165) is 18.9 Å². The molecule has 0 unspecified atom stereocenters. The number of alkyl halides is 3. The van der Waals surface area contributed by atoms with Crippen molar-refractivity contribution in [1.82, 2.24) is 24.5 Å². The molecule has 1 saturated heterocycles. The Hall–Kier alpha value is -2.89. The lowest BCUT2D eigenvalue weighted by molar-refractivity contribution is -0.137. The van der Waals surface area contributed by atoms with Crippen molar-refractivity contribution in [2.45, 2.75) is 32.0 Å². The molecule has 0 spiro atoms. The van der Waals surface area contributed by atoms with Gasteiger partial charge in [0.05, 0.1) is 17.5 Å². The Kier molecular flexibility index (Phi) is 4.81. The first-order valence-electron chi connectivity index (χ1n) is 8.92. The summed E-state index contributed by atoms with van der Waals surface area (Å²) in [4.78, 5) is 21.8. The first kappa shape index (κ1) is 19.4. The summed E-state index contributed by atoms with van der Waals surface area (Å²) >= 11 is 1.31. The van der Waals surface area contributed by atoms with Crippen LogP contribution in [0.1, 0.15) is 25.3 Å². The Morgan fingerprint density at radius 1 is 1.34 bits per heavy atom. The van der Waals surface area contributed by atoms with E-state index in [2.05, 4.69) is 20.4 Å². The zero-order valence-corrected chi connectivity index (χ0v) is 16.2. The van der Waals surface area contributed by atoms with Gasteiger partial charge in [0.2, 0.25) is 16.0 Å². The maximum absolute atomic E-state index is 13.0. The van der Waals surface area contributed by atoms with Gasteiger partial charge in [-0.1, -0.05) is 11.3 Å². The van der Waals surface area contributed by atoms with E-state index in [1.54, 1.807) is 13.1 Å². The number of piperidine rings is 1. The third-order valence-corrected chi connectivity index (χ3v) is 5.68. The third kappa shape index (κ3) is 3.97. The number of carbonyl (C=O) groups excluding carboxylic acids is 1. The summed E-state index contributed by atoms with van der Waals surface area (Å²) in [7, 11) is 0. The third-order valence-electron chi connectivity index (χ3n) is 4.83. The molecule has 3 aromatic rings. The fraction of sp³-hybridized carbons (Fsp3) is 0.412. The van der Waals surface area contributed by atoms with Crippen LogP contribution >= 0.6 is 11.3 Å². The smallest absolute Gasteiger partial charge is 0.383 e. The van der Waals surface area contributed by atoms with E-state index in [-0.39, 0.29) is 17.5 Å². The van der Waals surface area contributed by atoms with Crippen LogP contribution in [0.4, 0.5) is 24.1 Å². The molecule has 4 rings (SSSR count). The maximum Gasteiger partial charge on any atom is 0.419 e. The summed E-state index contributed by atoms with van der Waals surface area (Å²) < 4.78 is 40.7. The van der Waals surface area contributed by atoms with Crippen LogP contribution in [0.2, 0.25) is 0 Å². The van der Waals surface area contributed by atoms with E-state index in [9.17, 15) is 18.0 Å². The van der Waals surface area contributed by atoms with E-state index in [1.165, 1.54) is 22.0 Å². The van der Waals surface area contributed by atoms with Crippen LogP contribution in [0.15, 0.2) is 18.5 Å². The second-order valence-corrected chi connectivity index (χ2v) is 7.80. The largest absolute Gasteiger partial charge is 0.419 e. The van der Waals surface area contributed by atoms with E-state index >= 15 is 0 Å². The number of nitrogens with two attached hydrogens (primary N) is 1. The van der Waals surface area contributed by atoms with Crippen molar-refractivity contribution in [3.05, 3.63) is 24.0 Å². The normalized spacial score (nSPS) is 15.8. The van der Waals surface area contributed by atoms with Crippen LogP contribution in [-0.4, -0.2) is 49.5 Å². The minimum Gasteiger partial charge on any atom is -0.383 e. The minimum absolute atomic E-state index is 0.0783. The molecule has 154 valence electrons. The van der Waals surface area contributed by atoms with Gasteiger partial charge in [0, 0.05) is 37.8 Å². The highest BCUT2D eigenvalue weighted by Crippen LogP contribution is 2.35. The molecule has 0 aliphatic carbocycles. The van der Waals surface area contributed by atoms with Gasteiger partial charge in [-0.15, -0.1) is 5.10 Å². The van der Waals surface area contributed by atoms with Crippen molar-refractivity contribution in [1.29, 1.82) is 0 Å². The number of amides is 1. The van der Waals surface area contributed by atoms with Crippen molar-refractivity contribution in [2.24, 2.45) is 0 Å². The molecule has 8 nitrogen and oxygen atoms in total. The van der Waals surface area contributed by atoms with Crippen molar-refractivity contribution >= 4 is 33.2 Å². The predicted molar refractivity (Wildman–Crippen MR) is 102 cm³/mol. The molecule has 1 aliphatic heterocycles. The Morgan fingerprint density at radius 3 is 2.69 bits per heavy atom. The molecule has 0 radical (unpaired) electrons. The standard InChI is InChI=1S/C17H18F3N7OS/c1-9(28)26-4-2-11(3-5-26)23-15-25-27-8-13(24-16(27)29-15)10-6-12(17(18,19)20)14(21)22-7-10/h6-8,11H,2-5H2,1H3,(H2,21,22)(H,23,25). The molecule has 0 atom stereocenters. The Bertz CT molecular complexity index is 1020. The fourth-order valence-corrected chi connectivity index (χ4v) is 4.11. The predicted octanol–water partition coefficient (Wildman–Crippen LogP) is 2.88. The number of likely N-dealkylation sites (tertiary alicyclic amines) is 1. The molecule has 1 aliphatic rings. The van der Waals surface area contributed by atoms with Gasteiger partial charge in [0.15, 0.2) is 0 Å². The number of pyridine rings is 1. The summed E-state index contributed by atoms with van der Waals surface area (Å²) in [5.41, 5.74) is 4.91. The minimum atomic E-state index is -4.59. The Morgan fingerprint density at radius 2 is 2.07 bits per heavy atom. The topological polar surface area (TPSA) is 101 Å². The number of fused-ring (bicyclic) bond motifs is 1. The van der Waals surface area contributed by atoms with Crippen LogP contribution in [0.25, 0.3) is 16.2 Å². The lowest BCUT2D eigenvalue weighted by Crippen LogP contribution is -2.41. The van der Waals surface area contributed by atoms with E-state index < -0.39 is 17.6 Å². The fourth-order valence-electron chi connectivity index (χ4n) is 3.25. The molecule has 12 heteroatoms. The van der Waals surface area contributed by atoms with Crippen LogP contribution in [0, 0.1) is 0 Å². The van der Waals surface area contributed by atoms with Crippen molar-refractivity contribution in [3.8, 4) is 11.3 Å². The molecule has 4 heterocycles. The highest BCUT2D eigenvalue weighted by atomic mass is 32.1. The lowest BCUT2D eigenvalue weighted by Gasteiger charge is -2.31. The van der Waals surface area contributed by atoms with Gasteiger partial charge in [-0.25, -0.2) is 14.5 Å². The van der Waals surface area contributed by atoms with Crippen molar-refractivity contribution in [2.75, 3.05) is 24.1 Å². The number of halogens is 3. The molecular weight excluding hydrogens is 407 g/mol. The molecular formula is C17H18F3N7OS. The van der Waals surface area contributed by atoms with Crippen LogP contribution in [-0.2, 0) is 11.0 Å². The van der Waals surface area contributed by atoms with Gasteiger partial charge in [-0.3, -0.25) is 4.79 Å². The molecule has 0 aromatic carbocycles. The second kappa shape index (κ2) is 7.17. The van der Waals surface area contributed by atoms with E-state index in [4.69, 9.17) is 5.73 Å². The van der Waals surface area contributed by atoms with Gasteiger partial charge in [-0.2, -0.15) is 13.2 Å². The number of rotatable bonds is 3. The highest BCUT2D eigenvalue weighted by molar-refractivity contribution is 7.20. The van der Waals surface area contributed by atoms with E-state index in [0.29, 0.717) is 28.9 Å². The number of imidazole rings is 1. The molecule has 0 bridgehead atoms. The quantitative estimate of drug-likeness (QED) is 0.669. The number of aromatic nitrogens is 4. The zero-order chi connectivity index (χ0) is 20.8. The SMILES string of the molecule is CC(=O)N1CCC(Nc2nn3cc(-c4cnc(N)c(C(F)(F)F)c4)nc3s2)CC1. The van der Waals surface area contributed by atoms with Crippen LogP contribution < -0.4 is 11.1 Å². The first-order chi connectivity index (χ1) is 13.7. The summed E-state index contributed by atoms with van der Waals surface area (Å²) in [6, 6.07) is 1.15. The van der Waals surface area contributed by atoms with Gasteiger partial charge in [-0.05, 0) is 18.9 Å². The van der Waals surface area contributed by atoms with Gasteiger partial charge >= 0.3 is 6.18 Å². The molecule has 0 saturated carbocycles. The average Bonchev–Trinajstić information content (AvgIpc) is 3.20. The van der Waals surface area contributed by atoms with E-state index in [1.807, 2.05) is 4.90 Å². The van der Waals surface area contributed by atoms with Crippen molar-refractivity contribution in [3.63, 3.8) is 0 Å². The number of carbonyl (C=O) groups is 1. The number of hydrogen-bond acceptors (Lipinski definition) is 7. The maximum atomic E-state index is 13.0. The number of hydrogen-bond donors (Lipinski definition) is 2. The van der Waals surface area contributed by atoms with Gasteiger partial charge in [0.1, 0.15) is 5.82 Å². The number of nitrogens with zero attached hydrogens (tertiary/aromatic N) is 5. The average molecular weight is 425 g/mol. The Labute approximate surface area is 167 Å². The number of nitrogen functional groups attached to an aromatic ring is 1. The Balaban J connectivity index is 1.50. The molecule has 29 heavy (non-hydrogen) atoms. The summed E-state index contributed by atoms with van der Waals surface area (Å²) in [5.74, 6) is -0.489. The molecule has 3 aromatic heterocycles. The summed E-state index contributed by atoms with van der Waals surface area (Å²) in [5, 5.41) is 8.43. The monoisotopic (exact) mass is 425 g/mol. The summed E-state index contributed by atoms with van der Waals surface area (Å²) in [6.45, 7) is 2.96. The van der Waals surface area contributed by atoms with Crippen LogP contribution in [0.3, 0.4) is 0 Å². The highest BCUT2D eigenvalue weighted by Gasteiger charge is 2.34. The molecule has 1 amide bonds. The van der Waals surface area contributed by atoms with Crippen LogP contribution in [0.5, 0.6) is 0 Å².